The molecular formula is C13H20FNO. The first kappa shape index (κ1) is 13.1. The lowest BCUT2D eigenvalue weighted by Crippen LogP contribution is -2.34. The van der Waals surface area contributed by atoms with Gasteiger partial charge in [0.15, 0.2) is 0 Å². The van der Waals surface area contributed by atoms with Crippen LogP contribution in [0.3, 0.4) is 0 Å². The molecule has 2 unspecified atom stereocenters. The van der Waals surface area contributed by atoms with Gasteiger partial charge in [-0.25, -0.2) is 4.39 Å². The van der Waals surface area contributed by atoms with E-state index in [2.05, 4.69) is 5.32 Å². The van der Waals surface area contributed by atoms with E-state index in [1.807, 2.05) is 19.1 Å². The molecule has 0 aliphatic heterocycles. The highest BCUT2D eigenvalue weighted by atomic mass is 19.1. The number of aliphatic hydroxyl groups excluding tert-OH is 1. The molecule has 90 valence electrons. The Labute approximate surface area is 96.5 Å². The quantitative estimate of drug-likeness (QED) is 0.824. The van der Waals surface area contributed by atoms with Crippen LogP contribution >= 0.6 is 0 Å². The fourth-order valence-electron chi connectivity index (χ4n) is 1.59. The molecule has 0 amide bonds. The normalized spacial score (nSPS) is 14.9. The average Bonchev–Trinajstić information content (AvgIpc) is 2.22. The van der Waals surface area contributed by atoms with Crippen LogP contribution in [0.5, 0.6) is 0 Å². The summed E-state index contributed by atoms with van der Waals surface area (Å²) in [6.45, 7) is 7.86. The van der Waals surface area contributed by atoms with E-state index in [4.69, 9.17) is 0 Å². The first-order chi connectivity index (χ1) is 7.41. The van der Waals surface area contributed by atoms with E-state index in [1.54, 1.807) is 20.8 Å². The van der Waals surface area contributed by atoms with Crippen molar-refractivity contribution in [2.24, 2.45) is 0 Å². The highest BCUT2D eigenvalue weighted by Crippen LogP contribution is 2.14. The topological polar surface area (TPSA) is 32.3 Å². The predicted molar refractivity (Wildman–Crippen MR) is 63.9 cm³/mol. The van der Waals surface area contributed by atoms with Crippen LogP contribution in [0, 0.1) is 19.7 Å². The summed E-state index contributed by atoms with van der Waals surface area (Å²) in [7, 11) is 0. The summed E-state index contributed by atoms with van der Waals surface area (Å²) in [5.74, 6) is -0.132. The Hall–Kier alpha value is -0.930. The van der Waals surface area contributed by atoms with Crippen LogP contribution < -0.4 is 5.32 Å². The molecule has 0 bridgehead atoms. The molecule has 2 atom stereocenters. The molecule has 0 fully saturated rings. The highest BCUT2D eigenvalue weighted by Gasteiger charge is 2.09. The zero-order valence-corrected chi connectivity index (χ0v) is 10.3. The third-order valence-corrected chi connectivity index (χ3v) is 2.85. The molecule has 1 rings (SSSR count). The van der Waals surface area contributed by atoms with E-state index < -0.39 is 0 Å². The number of aryl methyl sites for hydroxylation is 2. The van der Waals surface area contributed by atoms with Crippen molar-refractivity contribution < 1.29 is 9.50 Å². The number of halogens is 1. The Balaban J connectivity index is 2.68. The molecule has 0 aromatic heterocycles. The Morgan fingerprint density at radius 3 is 2.19 bits per heavy atom. The molecule has 0 spiro atoms. The molecule has 1 aromatic rings. The first-order valence-corrected chi connectivity index (χ1v) is 5.59. The third kappa shape index (κ3) is 3.29. The number of aliphatic hydroxyl groups is 1. The minimum Gasteiger partial charge on any atom is -0.392 e. The number of hydrogen-bond acceptors (Lipinski definition) is 2. The number of nitrogens with one attached hydrogen (secondary N) is 1. The average molecular weight is 225 g/mol. The lowest BCUT2D eigenvalue weighted by atomic mass is 10.1. The van der Waals surface area contributed by atoms with E-state index in [1.165, 1.54) is 0 Å². The van der Waals surface area contributed by atoms with Crippen molar-refractivity contribution in [2.45, 2.75) is 46.4 Å². The van der Waals surface area contributed by atoms with Crippen LogP contribution in [-0.4, -0.2) is 17.3 Å². The van der Waals surface area contributed by atoms with Crippen molar-refractivity contribution in [3.63, 3.8) is 0 Å². The predicted octanol–water partition coefficient (Wildman–Crippen LogP) is 2.30. The summed E-state index contributed by atoms with van der Waals surface area (Å²) < 4.78 is 13.4. The molecule has 0 saturated carbocycles. The summed E-state index contributed by atoms with van der Waals surface area (Å²) in [5.41, 5.74) is 2.38. The van der Waals surface area contributed by atoms with Gasteiger partial charge in [-0.05, 0) is 44.4 Å². The SMILES string of the molecule is Cc1cc(CNC(C)C(C)O)cc(C)c1F. The summed E-state index contributed by atoms with van der Waals surface area (Å²) in [6, 6.07) is 3.71. The van der Waals surface area contributed by atoms with Gasteiger partial charge in [-0.3, -0.25) is 0 Å². The molecule has 0 aliphatic rings. The molecule has 0 heterocycles. The van der Waals surface area contributed by atoms with Crippen molar-refractivity contribution in [2.75, 3.05) is 0 Å². The van der Waals surface area contributed by atoms with E-state index >= 15 is 0 Å². The summed E-state index contributed by atoms with van der Waals surface area (Å²) >= 11 is 0. The molecule has 2 N–H and O–H groups in total. The van der Waals surface area contributed by atoms with Crippen molar-refractivity contribution >= 4 is 0 Å². The van der Waals surface area contributed by atoms with Crippen LogP contribution in [0.2, 0.25) is 0 Å². The van der Waals surface area contributed by atoms with Crippen LogP contribution in [0.25, 0.3) is 0 Å². The van der Waals surface area contributed by atoms with Gasteiger partial charge < -0.3 is 10.4 Å². The molecule has 16 heavy (non-hydrogen) atoms. The fraction of sp³-hybridized carbons (Fsp3) is 0.538. The van der Waals surface area contributed by atoms with E-state index in [0.717, 1.165) is 5.56 Å². The largest absolute Gasteiger partial charge is 0.392 e. The lowest BCUT2D eigenvalue weighted by molar-refractivity contribution is 0.152. The molecule has 1 aromatic carbocycles. The van der Waals surface area contributed by atoms with Crippen molar-refractivity contribution in [3.05, 3.63) is 34.6 Å². The Morgan fingerprint density at radius 2 is 1.75 bits per heavy atom. The molecule has 0 saturated heterocycles. The van der Waals surface area contributed by atoms with Crippen LogP contribution in [0.1, 0.15) is 30.5 Å². The summed E-state index contributed by atoms with van der Waals surface area (Å²) in [5, 5.41) is 12.5. The maximum Gasteiger partial charge on any atom is 0.129 e. The van der Waals surface area contributed by atoms with Gasteiger partial charge in [0.05, 0.1) is 6.10 Å². The zero-order chi connectivity index (χ0) is 12.3. The molecule has 2 nitrogen and oxygen atoms in total. The number of hydrogen-bond donors (Lipinski definition) is 2. The summed E-state index contributed by atoms with van der Waals surface area (Å²) in [4.78, 5) is 0. The van der Waals surface area contributed by atoms with Crippen LogP contribution in [0.4, 0.5) is 4.39 Å². The number of benzene rings is 1. The van der Waals surface area contributed by atoms with Gasteiger partial charge in [0.25, 0.3) is 0 Å². The maximum absolute atomic E-state index is 13.4. The fourth-order valence-corrected chi connectivity index (χ4v) is 1.59. The molecular weight excluding hydrogens is 205 g/mol. The van der Waals surface area contributed by atoms with E-state index in [0.29, 0.717) is 17.7 Å². The zero-order valence-electron chi connectivity index (χ0n) is 10.3. The second kappa shape index (κ2) is 5.41. The van der Waals surface area contributed by atoms with Crippen LogP contribution in [-0.2, 0) is 6.54 Å². The number of rotatable bonds is 4. The lowest BCUT2D eigenvalue weighted by Gasteiger charge is -2.17. The minimum absolute atomic E-state index is 0.0330. The highest BCUT2D eigenvalue weighted by molar-refractivity contribution is 5.30. The van der Waals surface area contributed by atoms with Crippen molar-refractivity contribution in [3.8, 4) is 0 Å². The second-order valence-corrected chi connectivity index (χ2v) is 4.45. The third-order valence-electron chi connectivity index (χ3n) is 2.85. The Kier molecular flexibility index (Phi) is 4.44. The van der Waals surface area contributed by atoms with Crippen molar-refractivity contribution in [1.82, 2.24) is 5.32 Å². The molecule has 0 aliphatic carbocycles. The minimum atomic E-state index is -0.386. The van der Waals surface area contributed by atoms with Gasteiger partial charge in [-0.15, -0.1) is 0 Å². The second-order valence-electron chi connectivity index (χ2n) is 4.45. The van der Waals surface area contributed by atoms with Gasteiger partial charge >= 0.3 is 0 Å². The van der Waals surface area contributed by atoms with Crippen LogP contribution in [0.15, 0.2) is 12.1 Å². The molecule has 3 heteroatoms. The maximum atomic E-state index is 13.4. The van der Waals surface area contributed by atoms with Gasteiger partial charge in [0, 0.05) is 12.6 Å². The van der Waals surface area contributed by atoms with Gasteiger partial charge in [0.1, 0.15) is 5.82 Å². The summed E-state index contributed by atoms with van der Waals surface area (Å²) in [6.07, 6.45) is -0.386. The van der Waals surface area contributed by atoms with Gasteiger partial charge in [-0.2, -0.15) is 0 Å². The van der Waals surface area contributed by atoms with E-state index in [-0.39, 0.29) is 18.0 Å². The Morgan fingerprint density at radius 1 is 1.25 bits per heavy atom. The smallest absolute Gasteiger partial charge is 0.129 e. The van der Waals surface area contributed by atoms with Gasteiger partial charge in [-0.1, -0.05) is 12.1 Å². The Bertz CT molecular complexity index is 340. The van der Waals surface area contributed by atoms with E-state index in [9.17, 15) is 9.50 Å². The first-order valence-electron chi connectivity index (χ1n) is 5.59. The molecule has 0 radical (unpaired) electrons. The standard InChI is InChI=1S/C13H20FNO/c1-8-5-12(6-9(2)13(8)14)7-15-10(3)11(4)16/h5-6,10-11,15-16H,7H2,1-4H3. The monoisotopic (exact) mass is 225 g/mol. The van der Waals surface area contributed by atoms with Crippen molar-refractivity contribution in [1.29, 1.82) is 0 Å². The van der Waals surface area contributed by atoms with Gasteiger partial charge in [0.2, 0.25) is 0 Å².